The molecule has 0 saturated heterocycles. The number of rotatable bonds is 22. The van der Waals surface area contributed by atoms with E-state index in [2.05, 4.69) is 37.9 Å². The number of amides is 1. The molecule has 6 atom stereocenters. The number of ether oxygens (including phenoxy) is 3. The average molecular weight is 920 g/mol. The van der Waals surface area contributed by atoms with Gasteiger partial charge in [-0.15, -0.1) is 6.58 Å². The van der Waals surface area contributed by atoms with E-state index in [1.165, 1.54) is 23.4 Å². The molecule has 0 radical (unpaired) electrons. The molecule has 3 aliphatic rings. The van der Waals surface area contributed by atoms with Crippen LogP contribution in [0.1, 0.15) is 93.4 Å². The highest BCUT2D eigenvalue weighted by atomic mass is 32.2. The molecule has 0 bridgehead atoms. The average Bonchev–Trinajstić information content (AvgIpc) is 3.30. The zero-order valence-electron chi connectivity index (χ0n) is 38.7. The van der Waals surface area contributed by atoms with Crippen LogP contribution in [0.15, 0.2) is 125 Å². The summed E-state index contributed by atoms with van der Waals surface area (Å²) in [6.45, 7) is 12.0. The number of benzene rings is 4. The van der Waals surface area contributed by atoms with E-state index in [4.69, 9.17) is 24.2 Å². The van der Waals surface area contributed by atoms with Crippen LogP contribution in [-0.4, -0.2) is 72.7 Å². The highest BCUT2D eigenvalue weighted by Gasteiger charge is 2.66. The van der Waals surface area contributed by atoms with Gasteiger partial charge in [-0.1, -0.05) is 73.5 Å². The third-order valence-electron chi connectivity index (χ3n) is 13.2. The van der Waals surface area contributed by atoms with Gasteiger partial charge in [-0.3, -0.25) is 4.79 Å². The van der Waals surface area contributed by atoms with E-state index < -0.39 is 27.8 Å². The van der Waals surface area contributed by atoms with Crippen molar-refractivity contribution in [2.24, 2.45) is 22.9 Å². The van der Waals surface area contributed by atoms with Crippen molar-refractivity contribution < 1.29 is 42.5 Å². The van der Waals surface area contributed by atoms with Crippen LogP contribution < -0.4 is 14.8 Å². The van der Waals surface area contributed by atoms with Crippen molar-refractivity contribution >= 4 is 27.3 Å². The van der Waals surface area contributed by atoms with Gasteiger partial charge >= 0.3 is 0 Å². The number of nitrogens with zero attached hydrogens (tertiary/aromatic N) is 2. The van der Waals surface area contributed by atoms with Gasteiger partial charge in [0.15, 0.2) is 0 Å². The molecule has 4 aromatic rings. The lowest BCUT2D eigenvalue weighted by molar-refractivity contribution is -0.251. The van der Waals surface area contributed by atoms with Gasteiger partial charge in [0.1, 0.15) is 23.9 Å². The molecule has 66 heavy (non-hydrogen) atoms. The van der Waals surface area contributed by atoms with Crippen LogP contribution in [0.4, 0.5) is 5.69 Å². The predicted octanol–water partition coefficient (Wildman–Crippen LogP) is 9.99. The Labute approximate surface area is 390 Å². The number of anilines is 1. The van der Waals surface area contributed by atoms with Crippen LogP contribution in [0, 0.1) is 31.6 Å². The number of hydrogen-bond acceptors (Lipinski definition) is 10. The summed E-state index contributed by atoms with van der Waals surface area (Å²) in [5.41, 5.74) is 6.08. The van der Waals surface area contributed by atoms with E-state index in [0.29, 0.717) is 47.9 Å². The van der Waals surface area contributed by atoms with E-state index in [1.54, 1.807) is 18.2 Å². The van der Waals surface area contributed by atoms with E-state index in [9.17, 15) is 15.0 Å². The Kier molecular flexibility index (Phi) is 16.2. The fraction of sp³-hybridized carbons (Fsp3) is 0.434. The van der Waals surface area contributed by atoms with Crippen molar-refractivity contribution in [1.29, 1.82) is 0 Å². The van der Waals surface area contributed by atoms with Crippen molar-refractivity contribution in [2.45, 2.75) is 108 Å². The number of allylic oxidation sites excluding steroid dienone is 1. The summed E-state index contributed by atoms with van der Waals surface area (Å²) in [7, 11) is -4.27. The molecule has 13 heteroatoms. The molecule has 3 N–H and O–H groups in total. The second-order valence-corrected chi connectivity index (χ2v) is 19.6. The van der Waals surface area contributed by atoms with Gasteiger partial charge in [0.25, 0.3) is 0 Å². The Hall–Kier alpha value is -5.31. The van der Waals surface area contributed by atoms with Crippen molar-refractivity contribution in [3.8, 4) is 17.2 Å². The quantitative estimate of drug-likeness (QED) is 0.0397. The Balaban J connectivity index is 1.46. The maximum absolute atomic E-state index is 15.3. The van der Waals surface area contributed by atoms with Crippen LogP contribution >= 0.6 is 0 Å². The van der Waals surface area contributed by atoms with E-state index in [0.717, 1.165) is 53.5 Å². The fourth-order valence-electron chi connectivity index (χ4n) is 10.1. The van der Waals surface area contributed by atoms with Crippen molar-refractivity contribution in [1.82, 2.24) is 4.31 Å². The third kappa shape index (κ3) is 10.6. The Morgan fingerprint density at radius 2 is 1.65 bits per heavy atom. The number of aliphatic hydroxyl groups is 2. The highest BCUT2D eigenvalue weighted by Crippen LogP contribution is 2.62. The maximum Gasteiger partial charge on any atom is 0.243 e. The first-order chi connectivity index (χ1) is 31.9. The van der Waals surface area contributed by atoms with Gasteiger partial charge in [0.2, 0.25) is 21.7 Å². The van der Waals surface area contributed by atoms with Crippen LogP contribution in [0.25, 0.3) is 0 Å². The number of fused-ring (bicyclic) bond motifs is 2. The first-order valence-corrected chi connectivity index (χ1v) is 24.8. The zero-order chi connectivity index (χ0) is 46.8. The lowest BCUT2D eigenvalue weighted by atomic mass is 9.55. The fourth-order valence-corrected chi connectivity index (χ4v) is 11.8. The number of hydrogen-bond donors (Lipinski definition) is 3. The molecule has 1 amide bonds. The standard InChI is InChI=1S/C53H65N3O9S/c1-6-27-56(66(60,61)44-24-20-41(21-25-44)54-38(5)59)50-34-48(55-63-35-39-15-9-8-10-16-39)46-32-40(17-11-13-28-57)45(18-12-14-29-58)51-47-33-43(64-42-22-19-36(3)37(4)31-42)23-26-49(47)65-53(50,52(46)51)62-30-7-2/h7-10,15-16,19-26,31-33,40,45,50-52,57-58H,2,6,11-14,17-18,27-30,34-35H2,1,3-5H3,(H,54,59)/t40-,45+,50-,51+,52+,53+/m0/s1. The number of sulfonamides is 1. The lowest BCUT2D eigenvalue weighted by Gasteiger charge is -2.59. The molecule has 1 fully saturated rings. The van der Waals surface area contributed by atoms with Gasteiger partial charge in [-0.25, -0.2) is 8.42 Å². The minimum absolute atomic E-state index is 0.0157. The molecule has 0 aromatic heterocycles. The summed E-state index contributed by atoms with van der Waals surface area (Å²) in [5.74, 6) is -0.840. The van der Waals surface area contributed by atoms with Crippen molar-refractivity contribution in [3.05, 3.63) is 138 Å². The minimum Gasteiger partial charge on any atom is -0.460 e. The van der Waals surface area contributed by atoms with Crippen LogP contribution in [-0.2, 0) is 31.0 Å². The molecule has 352 valence electrons. The second kappa shape index (κ2) is 22.0. The zero-order valence-corrected chi connectivity index (χ0v) is 39.5. The Morgan fingerprint density at radius 3 is 2.33 bits per heavy atom. The van der Waals surface area contributed by atoms with Gasteiger partial charge in [0.05, 0.1) is 29.2 Å². The number of unbranched alkanes of at least 4 members (excludes halogenated alkanes) is 2. The van der Waals surface area contributed by atoms with Crippen LogP contribution in [0.5, 0.6) is 17.2 Å². The number of oxime groups is 1. The van der Waals surface area contributed by atoms with Gasteiger partial charge in [0, 0.05) is 50.3 Å². The number of aliphatic hydroxyl groups excluding tert-OH is 2. The molecule has 1 saturated carbocycles. The van der Waals surface area contributed by atoms with Crippen molar-refractivity contribution in [3.63, 3.8) is 0 Å². The normalized spacial score (nSPS) is 22.7. The third-order valence-corrected chi connectivity index (χ3v) is 15.1. The number of nitrogens with one attached hydrogen (secondary N) is 1. The summed E-state index contributed by atoms with van der Waals surface area (Å²) in [6, 6.07) is 26.9. The van der Waals surface area contributed by atoms with Crippen LogP contribution in [0.3, 0.4) is 0 Å². The van der Waals surface area contributed by atoms with Crippen LogP contribution in [0.2, 0.25) is 0 Å². The van der Waals surface area contributed by atoms with E-state index >= 15 is 8.42 Å². The summed E-state index contributed by atoms with van der Waals surface area (Å²) in [6.07, 6.45) is 8.91. The summed E-state index contributed by atoms with van der Waals surface area (Å²) >= 11 is 0. The largest absolute Gasteiger partial charge is 0.460 e. The minimum atomic E-state index is -4.27. The molecule has 0 unspecified atom stereocenters. The molecule has 4 aromatic carbocycles. The lowest BCUT2D eigenvalue weighted by Crippen LogP contribution is -2.70. The van der Waals surface area contributed by atoms with Gasteiger partial charge in [-0.2, -0.15) is 4.31 Å². The molecule has 0 spiro atoms. The SMILES string of the molecule is C=CCO[C@@]12Oc3ccc(Oc4ccc(C)c(C)c4)cc3[C@H]3[C@H](CCCCO)[C@@H](CCCCO)C=C(C(=NOCc4ccccc4)C[C@@H]1N(CCC)S(=O)(=O)c1ccc(NC(C)=O)cc1)[C@H]32. The molecule has 7 rings (SSSR count). The Bertz CT molecular complexity index is 2470. The second-order valence-electron chi connectivity index (χ2n) is 17.7. The van der Waals surface area contributed by atoms with E-state index in [-0.39, 0.29) is 67.9 Å². The van der Waals surface area contributed by atoms with Gasteiger partial charge < -0.3 is 34.6 Å². The number of carbonyl (C=O) groups excluding carboxylic acids is 1. The molecule has 1 heterocycles. The number of aryl methyl sites for hydroxylation is 2. The summed E-state index contributed by atoms with van der Waals surface area (Å²) < 4.78 is 53.2. The van der Waals surface area contributed by atoms with Gasteiger partial charge in [-0.05, 0) is 135 Å². The summed E-state index contributed by atoms with van der Waals surface area (Å²) in [5, 5.41) is 27.7. The monoisotopic (exact) mass is 919 g/mol. The Morgan fingerprint density at radius 1 is 0.939 bits per heavy atom. The number of carbonyl (C=O) groups is 1. The first-order valence-electron chi connectivity index (χ1n) is 23.3. The maximum atomic E-state index is 15.3. The molecule has 1 aliphatic heterocycles. The first kappa shape index (κ1) is 48.6. The van der Waals surface area contributed by atoms with Crippen molar-refractivity contribution in [2.75, 3.05) is 31.7 Å². The highest BCUT2D eigenvalue weighted by molar-refractivity contribution is 7.89. The predicted molar refractivity (Wildman–Crippen MR) is 257 cm³/mol. The molecular formula is C53H65N3O9S. The molecule has 2 aliphatic carbocycles. The smallest absolute Gasteiger partial charge is 0.243 e. The topological polar surface area (TPSA) is 156 Å². The van der Waals surface area contributed by atoms with E-state index in [1.807, 2.05) is 67.6 Å². The molecule has 12 nitrogen and oxygen atoms in total. The molecular weight excluding hydrogens is 855 g/mol. The summed E-state index contributed by atoms with van der Waals surface area (Å²) in [4.78, 5) is 18.2.